The van der Waals surface area contributed by atoms with Gasteiger partial charge in [0.05, 0.1) is 18.8 Å². The van der Waals surface area contributed by atoms with Crippen LogP contribution < -0.4 is 15.6 Å². The Morgan fingerprint density at radius 3 is 2.81 bits per heavy atom. The number of rotatable bonds is 9. The lowest BCUT2D eigenvalue weighted by Gasteiger charge is -2.25. The van der Waals surface area contributed by atoms with Gasteiger partial charge >= 0.3 is 0 Å². The number of H-pyrrole nitrogens is 1. The molecule has 1 aliphatic rings. The van der Waals surface area contributed by atoms with Crippen LogP contribution in [0.2, 0.25) is 0 Å². The predicted molar refractivity (Wildman–Crippen MR) is 115 cm³/mol. The summed E-state index contributed by atoms with van der Waals surface area (Å²) in [7, 11) is 0. The van der Waals surface area contributed by atoms with E-state index in [1.165, 1.54) is 19.3 Å². The molecule has 1 aromatic carbocycles. The van der Waals surface area contributed by atoms with Crippen LogP contribution >= 0.6 is 0 Å². The monoisotopic (exact) mass is 419 g/mol. The van der Waals surface area contributed by atoms with Crippen molar-refractivity contribution >= 4 is 5.91 Å². The molecule has 0 aliphatic heterocycles. The maximum atomic E-state index is 12.4. The number of nitrogens with one attached hydrogen (secondary N) is 2. The highest BCUT2D eigenvalue weighted by molar-refractivity contribution is 5.76. The van der Waals surface area contributed by atoms with E-state index in [0.717, 1.165) is 17.0 Å². The minimum atomic E-state index is -0.344. The highest BCUT2D eigenvalue weighted by Crippen LogP contribution is 2.28. The lowest BCUT2D eigenvalue weighted by Crippen LogP contribution is -2.25. The summed E-state index contributed by atoms with van der Waals surface area (Å²) >= 11 is 0. The summed E-state index contributed by atoms with van der Waals surface area (Å²) < 4.78 is 5.86. The van der Waals surface area contributed by atoms with E-state index in [-0.39, 0.29) is 30.0 Å². The Bertz CT molecular complexity index is 1080. The largest absolute Gasteiger partial charge is 0.493 e. The molecule has 1 aliphatic carbocycles. The maximum Gasteiger partial charge on any atom is 0.273 e. The van der Waals surface area contributed by atoms with E-state index in [2.05, 4.69) is 25.5 Å². The maximum absolute atomic E-state index is 12.4. The first-order valence-corrected chi connectivity index (χ1v) is 10.5. The molecule has 0 unspecified atom stereocenters. The van der Waals surface area contributed by atoms with Crippen molar-refractivity contribution in [3.05, 3.63) is 70.4 Å². The lowest BCUT2D eigenvalue weighted by atomic mass is 9.86. The van der Waals surface area contributed by atoms with Crippen molar-refractivity contribution < 1.29 is 9.53 Å². The van der Waals surface area contributed by atoms with Gasteiger partial charge in [0.1, 0.15) is 11.4 Å². The van der Waals surface area contributed by atoms with E-state index in [9.17, 15) is 9.59 Å². The van der Waals surface area contributed by atoms with Gasteiger partial charge < -0.3 is 15.0 Å². The number of aryl methyl sites for hydroxylation is 1. The smallest absolute Gasteiger partial charge is 0.273 e. The summed E-state index contributed by atoms with van der Waals surface area (Å²) in [6.45, 7) is 1.06. The first kappa shape index (κ1) is 20.7. The Kier molecular flexibility index (Phi) is 6.66. The first-order valence-electron chi connectivity index (χ1n) is 10.5. The number of pyridine rings is 1. The van der Waals surface area contributed by atoms with Crippen LogP contribution in [0.4, 0.5) is 0 Å². The predicted octanol–water partition coefficient (Wildman–Crippen LogP) is 2.65. The van der Waals surface area contributed by atoms with Crippen molar-refractivity contribution in [3.8, 4) is 17.1 Å². The van der Waals surface area contributed by atoms with Crippen LogP contribution in [0.1, 0.15) is 37.1 Å². The molecule has 0 saturated heterocycles. The highest BCUT2D eigenvalue weighted by Gasteiger charge is 2.18. The van der Waals surface area contributed by atoms with E-state index >= 15 is 0 Å². The van der Waals surface area contributed by atoms with Gasteiger partial charge in [-0.1, -0.05) is 24.6 Å². The number of ether oxygens (including phenoxy) is 1. The Morgan fingerprint density at radius 2 is 2.06 bits per heavy atom. The summed E-state index contributed by atoms with van der Waals surface area (Å²) in [6, 6.07) is 13.0. The third kappa shape index (κ3) is 5.75. The molecule has 160 valence electrons. The second kappa shape index (κ2) is 9.97. The highest BCUT2D eigenvalue weighted by atomic mass is 16.5. The molecule has 8 nitrogen and oxygen atoms in total. The molecular formula is C23H25N5O3. The van der Waals surface area contributed by atoms with E-state index in [0.29, 0.717) is 24.9 Å². The van der Waals surface area contributed by atoms with Crippen molar-refractivity contribution in [3.63, 3.8) is 0 Å². The van der Waals surface area contributed by atoms with Crippen LogP contribution in [0.15, 0.2) is 53.5 Å². The van der Waals surface area contributed by atoms with E-state index in [4.69, 9.17) is 4.74 Å². The molecule has 2 heterocycles. The summed E-state index contributed by atoms with van der Waals surface area (Å²) in [6.07, 6.45) is 5.76. The second-order valence-corrected chi connectivity index (χ2v) is 7.68. The van der Waals surface area contributed by atoms with Gasteiger partial charge in [0.2, 0.25) is 5.91 Å². The fourth-order valence-corrected chi connectivity index (χ4v) is 3.27. The van der Waals surface area contributed by atoms with Gasteiger partial charge in [-0.3, -0.25) is 14.6 Å². The molecule has 2 aromatic heterocycles. The molecule has 8 heteroatoms. The number of aromatic nitrogens is 4. The number of carbonyl (C=O) groups is 1. The van der Waals surface area contributed by atoms with Crippen molar-refractivity contribution in [1.82, 2.24) is 25.5 Å². The van der Waals surface area contributed by atoms with Gasteiger partial charge in [-0.15, -0.1) is 10.2 Å². The van der Waals surface area contributed by atoms with E-state index in [1.54, 1.807) is 6.20 Å². The van der Waals surface area contributed by atoms with Gasteiger partial charge in [0.15, 0.2) is 5.82 Å². The Balaban J connectivity index is 1.32. The molecule has 0 radical (unpaired) electrons. The molecule has 31 heavy (non-hydrogen) atoms. The van der Waals surface area contributed by atoms with Crippen molar-refractivity contribution in [2.45, 2.75) is 38.6 Å². The zero-order chi connectivity index (χ0) is 21.5. The molecule has 2 N–H and O–H groups in total. The van der Waals surface area contributed by atoms with Crippen LogP contribution in [0.25, 0.3) is 11.4 Å². The topological polar surface area (TPSA) is 110 Å². The average Bonchev–Trinajstić information content (AvgIpc) is 2.77. The van der Waals surface area contributed by atoms with E-state index in [1.807, 2.05) is 42.5 Å². The molecule has 1 saturated carbocycles. The summed E-state index contributed by atoms with van der Waals surface area (Å²) in [5, 5.41) is 11.0. The van der Waals surface area contributed by atoms with Gasteiger partial charge in [0.25, 0.3) is 5.56 Å². The van der Waals surface area contributed by atoms with Crippen molar-refractivity contribution in [2.24, 2.45) is 5.92 Å². The molecule has 3 aromatic rings. The van der Waals surface area contributed by atoms with Gasteiger partial charge in [-0.25, -0.2) is 0 Å². The molecule has 1 fully saturated rings. The molecular weight excluding hydrogens is 394 g/mol. The number of carbonyl (C=O) groups excluding carboxylic acids is 1. The summed E-state index contributed by atoms with van der Waals surface area (Å²) in [4.78, 5) is 31.4. The zero-order valence-corrected chi connectivity index (χ0v) is 17.2. The molecule has 0 atom stereocenters. The Hall–Kier alpha value is -3.55. The number of nitrogens with zero attached hydrogens (tertiary/aromatic N) is 3. The molecule has 1 amide bonds. The molecule has 4 rings (SSSR count). The fraction of sp³-hybridized carbons (Fsp3) is 0.348. The Morgan fingerprint density at radius 1 is 1.16 bits per heavy atom. The quantitative estimate of drug-likeness (QED) is 0.552. The number of hydrogen-bond acceptors (Lipinski definition) is 6. The van der Waals surface area contributed by atoms with Crippen molar-refractivity contribution in [2.75, 3.05) is 6.61 Å². The minimum Gasteiger partial charge on any atom is -0.493 e. The second-order valence-electron chi connectivity index (χ2n) is 7.68. The molecule has 0 bridgehead atoms. The van der Waals surface area contributed by atoms with Crippen LogP contribution in [0, 0.1) is 5.92 Å². The summed E-state index contributed by atoms with van der Waals surface area (Å²) in [5.74, 6) is 1.60. The number of amides is 1. The average molecular weight is 419 g/mol. The van der Waals surface area contributed by atoms with Crippen molar-refractivity contribution in [1.29, 1.82) is 0 Å². The van der Waals surface area contributed by atoms with E-state index < -0.39 is 0 Å². The fourth-order valence-electron chi connectivity index (χ4n) is 3.27. The Labute approximate surface area is 180 Å². The number of aromatic amines is 1. The van der Waals surface area contributed by atoms with Crippen LogP contribution in [0.5, 0.6) is 5.75 Å². The zero-order valence-electron chi connectivity index (χ0n) is 17.2. The third-order valence-corrected chi connectivity index (χ3v) is 5.36. The van der Waals surface area contributed by atoms with Crippen LogP contribution in [-0.2, 0) is 17.8 Å². The normalized spacial score (nSPS) is 13.4. The SMILES string of the molecule is O=C(CCc1nnc(-c2cccc(OCC3CCC3)c2)[nH]c1=O)NCc1ccccn1. The van der Waals surface area contributed by atoms with Gasteiger partial charge in [-0.2, -0.15) is 0 Å². The van der Waals surface area contributed by atoms with Crippen LogP contribution in [-0.4, -0.2) is 32.7 Å². The first-order chi connectivity index (χ1) is 15.2. The minimum absolute atomic E-state index is 0.147. The molecule has 0 spiro atoms. The lowest BCUT2D eigenvalue weighted by molar-refractivity contribution is -0.121. The summed E-state index contributed by atoms with van der Waals surface area (Å²) in [5.41, 5.74) is 1.39. The number of hydrogen-bond donors (Lipinski definition) is 2. The van der Waals surface area contributed by atoms with Gasteiger partial charge in [-0.05, 0) is 43.0 Å². The number of benzene rings is 1. The standard InChI is InChI=1S/C23H25N5O3/c29-21(25-14-18-8-1-2-12-24-18)11-10-20-23(30)26-22(28-27-20)17-7-4-9-19(13-17)31-15-16-5-3-6-16/h1-2,4,7-9,12-13,16H,3,5-6,10-11,14-15H2,(H,25,29)(H,26,28,30). The van der Waals surface area contributed by atoms with Crippen LogP contribution in [0.3, 0.4) is 0 Å². The van der Waals surface area contributed by atoms with Gasteiger partial charge in [0, 0.05) is 24.6 Å². The third-order valence-electron chi connectivity index (χ3n) is 5.36.